The minimum Gasteiger partial charge on any atom is -0.381 e. The SMILES string of the molecule is Nc1nc(NCCCCN2CCCC2)cc([C@H]2CCOC2)n1. The average molecular weight is 305 g/mol. The van der Waals surface area contributed by atoms with E-state index in [0.717, 1.165) is 44.1 Å². The van der Waals surface area contributed by atoms with Crippen molar-refractivity contribution in [2.24, 2.45) is 0 Å². The highest BCUT2D eigenvalue weighted by Gasteiger charge is 2.20. The van der Waals surface area contributed by atoms with Gasteiger partial charge in [0, 0.05) is 25.1 Å². The molecule has 0 aromatic carbocycles. The van der Waals surface area contributed by atoms with Gasteiger partial charge >= 0.3 is 0 Å². The van der Waals surface area contributed by atoms with Crippen LogP contribution in [0.25, 0.3) is 0 Å². The summed E-state index contributed by atoms with van der Waals surface area (Å²) in [4.78, 5) is 11.2. The van der Waals surface area contributed by atoms with Crippen molar-refractivity contribution in [3.8, 4) is 0 Å². The van der Waals surface area contributed by atoms with E-state index in [1.54, 1.807) is 0 Å². The molecule has 1 atom stereocenters. The van der Waals surface area contributed by atoms with Crippen LogP contribution in [0.3, 0.4) is 0 Å². The summed E-state index contributed by atoms with van der Waals surface area (Å²) in [5, 5.41) is 3.38. The third kappa shape index (κ3) is 4.30. The van der Waals surface area contributed by atoms with Crippen LogP contribution in [-0.2, 0) is 4.74 Å². The maximum atomic E-state index is 5.83. The molecule has 2 aliphatic heterocycles. The average Bonchev–Trinajstić information content (AvgIpc) is 3.20. The Hall–Kier alpha value is -1.40. The molecule has 0 bridgehead atoms. The van der Waals surface area contributed by atoms with Gasteiger partial charge in [0.2, 0.25) is 5.95 Å². The van der Waals surface area contributed by atoms with Crippen molar-refractivity contribution >= 4 is 11.8 Å². The van der Waals surface area contributed by atoms with Crippen LogP contribution in [0.4, 0.5) is 11.8 Å². The molecule has 0 amide bonds. The van der Waals surface area contributed by atoms with Gasteiger partial charge < -0.3 is 20.7 Å². The third-order valence-corrected chi connectivity index (χ3v) is 4.52. The fourth-order valence-electron chi connectivity index (χ4n) is 3.24. The van der Waals surface area contributed by atoms with Crippen LogP contribution in [0.15, 0.2) is 6.07 Å². The van der Waals surface area contributed by atoms with Gasteiger partial charge in [-0.15, -0.1) is 0 Å². The molecule has 6 nitrogen and oxygen atoms in total. The zero-order valence-corrected chi connectivity index (χ0v) is 13.3. The second-order valence-electron chi connectivity index (χ2n) is 6.28. The van der Waals surface area contributed by atoms with Gasteiger partial charge in [-0.2, -0.15) is 4.98 Å². The summed E-state index contributed by atoms with van der Waals surface area (Å²) in [5.74, 6) is 1.56. The quantitative estimate of drug-likeness (QED) is 0.749. The lowest BCUT2D eigenvalue weighted by Crippen LogP contribution is -2.21. The maximum Gasteiger partial charge on any atom is 0.222 e. The highest BCUT2D eigenvalue weighted by Crippen LogP contribution is 2.25. The summed E-state index contributed by atoms with van der Waals surface area (Å²) in [6, 6.07) is 2.02. The molecule has 6 heteroatoms. The van der Waals surface area contributed by atoms with Gasteiger partial charge in [-0.25, -0.2) is 4.98 Å². The smallest absolute Gasteiger partial charge is 0.222 e. The Morgan fingerprint density at radius 1 is 1.27 bits per heavy atom. The lowest BCUT2D eigenvalue weighted by atomic mass is 10.0. The molecular formula is C16H27N5O. The lowest BCUT2D eigenvalue weighted by molar-refractivity contribution is 0.193. The summed E-state index contributed by atoms with van der Waals surface area (Å²) in [6.07, 6.45) is 6.14. The predicted octanol–water partition coefficient (Wildman–Crippen LogP) is 1.85. The van der Waals surface area contributed by atoms with Crippen LogP contribution in [0.5, 0.6) is 0 Å². The van der Waals surface area contributed by atoms with Crippen LogP contribution < -0.4 is 11.1 Å². The first kappa shape index (κ1) is 15.5. The fourth-order valence-corrected chi connectivity index (χ4v) is 3.24. The minimum atomic E-state index is 0.351. The molecule has 1 aromatic heterocycles. The van der Waals surface area contributed by atoms with E-state index in [1.165, 1.54) is 38.9 Å². The number of nitrogens with one attached hydrogen (secondary N) is 1. The van der Waals surface area contributed by atoms with Crippen LogP contribution in [0, 0.1) is 0 Å². The number of aromatic nitrogens is 2. The molecule has 122 valence electrons. The molecule has 2 aliphatic rings. The molecule has 0 radical (unpaired) electrons. The van der Waals surface area contributed by atoms with E-state index in [2.05, 4.69) is 20.2 Å². The summed E-state index contributed by atoms with van der Waals surface area (Å²) in [7, 11) is 0. The molecule has 0 saturated carbocycles. The van der Waals surface area contributed by atoms with E-state index >= 15 is 0 Å². The van der Waals surface area contributed by atoms with Crippen LogP contribution >= 0.6 is 0 Å². The van der Waals surface area contributed by atoms with Crippen LogP contribution in [0.2, 0.25) is 0 Å². The second kappa shape index (κ2) is 7.74. The van der Waals surface area contributed by atoms with Gasteiger partial charge in [-0.3, -0.25) is 0 Å². The number of ether oxygens (including phenoxy) is 1. The van der Waals surface area contributed by atoms with E-state index in [4.69, 9.17) is 10.5 Å². The molecule has 3 N–H and O–H groups in total. The zero-order valence-electron chi connectivity index (χ0n) is 13.3. The van der Waals surface area contributed by atoms with E-state index in [9.17, 15) is 0 Å². The summed E-state index contributed by atoms with van der Waals surface area (Å²) < 4.78 is 5.43. The first-order valence-electron chi connectivity index (χ1n) is 8.50. The Morgan fingerprint density at radius 3 is 2.91 bits per heavy atom. The molecule has 0 aliphatic carbocycles. The summed E-state index contributed by atoms with van der Waals surface area (Å²) >= 11 is 0. The number of anilines is 2. The second-order valence-corrected chi connectivity index (χ2v) is 6.28. The Morgan fingerprint density at radius 2 is 2.14 bits per heavy atom. The fraction of sp³-hybridized carbons (Fsp3) is 0.750. The van der Waals surface area contributed by atoms with Gasteiger partial charge in [0.05, 0.1) is 12.3 Å². The third-order valence-electron chi connectivity index (χ3n) is 4.52. The number of nitrogen functional groups attached to an aromatic ring is 1. The van der Waals surface area contributed by atoms with E-state index in [1.807, 2.05) is 6.07 Å². The number of rotatable bonds is 7. The number of nitrogens with zero attached hydrogens (tertiary/aromatic N) is 3. The van der Waals surface area contributed by atoms with Crippen LogP contribution in [-0.4, -0.2) is 54.3 Å². The molecule has 3 rings (SSSR count). The zero-order chi connectivity index (χ0) is 15.2. The predicted molar refractivity (Wildman–Crippen MR) is 88.0 cm³/mol. The number of unbranched alkanes of at least 4 members (excludes halogenated alkanes) is 1. The number of nitrogens with two attached hydrogens (primary N) is 1. The Labute approximate surface area is 132 Å². The molecule has 2 saturated heterocycles. The Bertz CT molecular complexity index is 470. The van der Waals surface area contributed by atoms with Crippen molar-refractivity contribution in [3.05, 3.63) is 11.8 Å². The Balaban J connectivity index is 1.43. The molecule has 22 heavy (non-hydrogen) atoms. The highest BCUT2D eigenvalue weighted by atomic mass is 16.5. The molecule has 0 unspecified atom stereocenters. The number of hydrogen-bond donors (Lipinski definition) is 2. The van der Waals surface area contributed by atoms with Crippen molar-refractivity contribution < 1.29 is 4.74 Å². The minimum absolute atomic E-state index is 0.351. The van der Waals surface area contributed by atoms with Gasteiger partial charge in [0.15, 0.2) is 0 Å². The first-order valence-corrected chi connectivity index (χ1v) is 8.50. The van der Waals surface area contributed by atoms with Gasteiger partial charge in [0.25, 0.3) is 0 Å². The van der Waals surface area contributed by atoms with E-state index in [-0.39, 0.29) is 0 Å². The normalized spacial score (nSPS) is 22.3. The maximum absolute atomic E-state index is 5.83. The first-order chi connectivity index (χ1) is 10.8. The molecule has 2 fully saturated rings. The standard InChI is InChI=1S/C16H27N5O/c17-16-19-14(13-5-10-22-12-13)11-15(20-16)18-6-1-2-7-21-8-3-4-9-21/h11,13H,1-10,12H2,(H3,17,18,19,20)/t13-/m0/s1. The largest absolute Gasteiger partial charge is 0.381 e. The van der Waals surface area contributed by atoms with Gasteiger partial charge in [-0.1, -0.05) is 0 Å². The molecule has 0 spiro atoms. The van der Waals surface area contributed by atoms with Crippen molar-refractivity contribution in [1.82, 2.24) is 14.9 Å². The topological polar surface area (TPSA) is 76.3 Å². The van der Waals surface area contributed by atoms with Crippen molar-refractivity contribution in [2.45, 2.75) is 38.0 Å². The molecule has 3 heterocycles. The van der Waals surface area contributed by atoms with E-state index < -0.39 is 0 Å². The van der Waals surface area contributed by atoms with Crippen molar-refractivity contribution in [1.29, 1.82) is 0 Å². The molecular weight excluding hydrogens is 278 g/mol. The van der Waals surface area contributed by atoms with Crippen molar-refractivity contribution in [3.63, 3.8) is 0 Å². The summed E-state index contributed by atoms with van der Waals surface area (Å²) in [6.45, 7) is 6.27. The van der Waals surface area contributed by atoms with Crippen molar-refractivity contribution in [2.75, 3.05) is 50.4 Å². The van der Waals surface area contributed by atoms with Crippen LogP contribution in [0.1, 0.15) is 43.7 Å². The molecule has 1 aromatic rings. The monoisotopic (exact) mass is 305 g/mol. The summed E-state index contributed by atoms with van der Waals surface area (Å²) in [5.41, 5.74) is 6.83. The highest BCUT2D eigenvalue weighted by molar-refractivity contribution is 5.41. The van der Waals surface area contributed by atoms with E-state index in [0.29, 0.717) is 11.9 Å². The Kier molecular flexibility index (Phi) is 5.45. The number of likely N-dealkylation sites (tertiary alicyclic amines) is 1. The number of hydrogen-bond acceptors (Lipinski definition) is 6. The van der Waals surface area contributed by atoms with Gasteiger partial charge in [0.1, 0.15) is 5.82 Å². The lowest BCUT2D eigenvalue weighted by Gasteiger charge is -2.14. The van der Waals surface area contributed by atoms with Gasteiger partial charge in [-0.05, 0) is 51.7 Å².